The molecular formula is C30H44N7O7PS. The molecule has 0 bridgehead atoms. The summed E-state index contributed by atoms with van der Waals surface area (Å²) in [6.45, 7) is 9.19. The molecule has 0 amide bonds. The molecule has 4 rings (SSSR count). The largest absolute Gasteiger partial charge is 0.463 e. The van der Waals surface area contributed by atoms with Crippen molar-refractivity contribution in [3.05, 3.63) is 48.5 Å². The molecule has 2 aromatic heterocycles. The first-order valence-corrected chi connectivity index (χ1v) is 17.7. The van der Waals surface area contributed by atoms with Gasteiger partial charge >= 0.3 is 13.7 Å². The molecule has 3 heterocycles. The van der Waals surface area contributed by atoms with E-state index in [1.165, 1.54) is 6.33 Å². The zero-order valence-electron chi connectivity index (χ0n) is 26.8. The van der Waals surface area contributed by atoms with E-state index in [4.69, 9.17) is 30.0 Å². The fourth-order valence-corrected chi connectivity index (χ4v) is 6.93. The molecule has 14 nitrogen and oxygen atoms in total. The normalized spacial score (nSPS) is 20.5. The van der Waals surface area contributed by atoms with Crippen LogP contribution in [-0.4, -0.2) is 68.3 Å². The summed E-state index contributed by atoms with van der Waals surface area (Å²) in [5.41, 5.74) is 12.8. The Morgan fingerprint density at radius 1 is 1.20 bits per heavy atom. The van der Waals surface area contributed by atoms with Crippen molar-refractivity contribution < 1.29 is 32.7 Å². The first-order chi connectivity index (χ1) is 21.8. The molecule has 0 aliphatic carbocycles. The van der Waals surface area contributed by atoms with Crippen LogP contribution in [0.3, 0.4) is 0 Å². The maximum Gasteiger partial charge on any atom is 0.405 e. The zero-order valence-corrected chi connectivity index (χ0v) is 28.5. The van der Waals surface area contributed by atoms with Gasteiger partial charge < -0.3 is 20.9 Å². The van der Waals surface area contributed by atoms with E-state index in [0.717, 1.165) is 17.3 Å². The van der Waals surface area contributed by atoms with Crippen LogP contribution in [0.2, 0.25) is 0 Å². The van der Waals surface area contributed by atoms with Crippen LogP contribution >= 0.6 is 19.5 Å². The van der Waals surface area contributed by atoms with Crippen molar-refractivity contribution in [2.75, 3.05) is 31.3 Å². The number of nitrogens with zero attached hydrogens (tertiary/aromatic N) is 4. The van der Waals surface area contributed by atoms with E-state index in [9.17, 15) is 14.2 Å². The number of benzene rings is 1. The van der Waals surface area contributed by atoms with Crippen molar-refractivity contribution in [3.63, 3.8) is 0 Å². The van der Waals surface area contributed by atoms with Gasteiger partial charge in [-0.2, -0.15) is 0 Å². The van der Waals surface area contributed by atoms with Gasteiger partial charge in [-0.15, -0.1) is 0 Å². The summed E-state index contributed by atoms with van der Waals surface area (Å²) in [5.74, 6) is -0.0557. The molecule has 3 aromatic rings. The van der Waals surface area contributed by atoms with Gasteiger partial charge in [0.15, 0.2) is 16.6 Å². The fourth-order valence-electron chi connectivity index (χ4n) is 4.68. The van der Waals surface area contributed by atoms with E-state index >= 15 is 0 Å². The van der Waals surface area contributed by atoms with Gasteiger partial charge in [0, 0.05) is 18.2 Å². The molecule has 1 aromatic carbocycles. The van der Waals surface area contributed by atoms with Crippen molar-refractivity contribution in [3.8, 4) is 0 Å². The van der Waals surface area contributed by atoms with Gasteiger partial charge in [-0.25, -0.2) is 24.6 Å². The van der Waals surface area contributed by atoms with Crippen LogP contribution in [0.25, 0.3) is 11.2 Å². The summed E-state index contributed by atoms with van der Waals surface area (Å²) >= 11 is 1.01. The van der Waals surface area contributed by atoms with Crippen LogP contribution in [0.5, 0.6) is 0 Å². The van der Waals surface area contributed by atoms with Gasteiger partial charge in [-0.1, -0.05) is 62.9 Å². The van der Waals surface area contributed by atoms with E-state index in [2.05, 4.69) is 20.0 Å². The lowest BCUT2D eigenvalue weighted by Crippen LogP contribution is -2.39. The summed E-state index contributed by atoms with van der Waals surface area (Å²) < 4.78 is 38.9. The third kappa shape index (κ3) is 9.34. The quantitative estimate of drug-likeness (QED) is 0.111. The van der Waals surface area contributed by atoms with Gasteiger partial charge in [-0.05, 0) is 31.7 Å². The number of nitrogen functional groups attached to an aromatic ring is 1. The number of fused-ring (bicyclic) bond motifs is 1. The van der Waals surface area contributed by atoms with Crippen LogP contribution in [0, 0.1) is 17.3 Å². The minimum Gasteiger partial charge on any atom is -0.463 e. The van der Waals surface area contributed by atoms with Gasteiger partial charge in [-0.3, -0.25) is 23.2 Å². The maximum atomic E-state index is 13.9. The lowest BCUT2D eigenvalue weighted by molar-refractivity contribution is -0.150. The van der Waals surface area contributed by atoms with Gasteiger partial charge in [0.2, 0.25) is 0 Å². The second kappa shape index (κ2) is 15.8. The highest BCUT2D eigenvalue weighted by Gasteiger charge is 2.37. The molecule has 252 valence electrons. The highest BCUT2D eigenvalue weighted by molar-refractivity contribution is 8.13. The summed E-state index contributed by atoms with van der Waals surface area (Å²) in [4.78, 5) is 37.7. The second-order valence-electron chi connectivity index (χ2n) is 12.3. The lowest BCUT2D eigenvalue weighted by Gasteiger charge is -2.24. The minimum absolute atomic E-state index is 0.00659. The van der Waals surface area contributed by atoms with E-state index in [1.807, 2.05) is 55.7 Å². The predicted molar refractivity (Wildman–Crippen MR) is 175 cm³/mol. The number of thioether (sulfide) groups is 1. The molecule has 5 atom stereocenters. The molecule has 0 saturated carbocycles. The molecule has 46 heavy (non-hydrogen) atoms. The topological polar surface area (TPSA) is 196 Å². The zero-order chi connectivity index (χ0) is 33.5. The standard InChI is InChI=1S/C30H44N7O7PS/c1-19(2)23(31)28(38)41-16-30(4,5)29(39)46-12-11-42-45(40,36-14-21-9-7-6-8-10-21)43-15-22-13-20(3)27(44-22)37-18-35-24-25(32)33-17-34-26(24)37/h6-10,17-20,22-23,27H,11-16,31H2,1-5H3,(H,36,40)(H2,32,33,34). The van der Waals surface area contributed by atoms with Crippen molar-refractivity contribution in [2.45, 2.75) is 66.0 Å². The molecule has 16 heteroatoms. The first-order valence-electron chi connectivity index (χ1n) is 15.2. The Morgan fingerprint density at radius 3 is 2.65 bits per heavy atom. The number of hydrogen-bond donors (Lipinski definition) is 3. The first kappa shape index (κ1) is 35.9. The number of nitrogens with one attached hydrogen (secondary N) is 1. The Balaban J connectivity index is 1.32. The molecule has 0 spiro atoms. The van der Waals surface area contributed by atoms with Crippen molar-refractivity contribution in [1.82, 2.24) is 24.6 Å². The van der Waals surface area contributed by atoms with Crippen molar-refractivity contribution in [2.24, 2.45) is 23.0 Å². The summed E-state index contributed by atoms with van der Waals surface area (Å²) in [7, 11) is -3.82. The number of ether oxygens (including phenoxy) is 2. The number of anilines is 1. The average molecular weight is 678 g/mol. The maximum absolute atomic E-state index is 13.9. The summed E-state index contributed by atoms with van der Waals surface area (Å²) in [6.07, 6.45) is 2.88. The SMILES string of the molecule is CC(C)C(N)C(=O)OCC(C)(C)C(=O)SCCOP(=O)(NCc1ccccc1)OCC1CC(C)C(n2cnc3c(N)ncnc32)O1. The number of carbonyl (C=O) groups excluding carboxylic acids is 2. The van der Waals surface area contributed by atoms with Crippen LogP contribution in [0.15, 0.2) is 43.0 Å². The molecule has 0 radical (unpaired) electrons. The average Bonchev–Trinajstić information content (AvgIpc) is 3.63. The van der Waals surface area contributed by atoms with E-state index in [0.29, 0.717) is 17.6 Å². The molecule has 1 aliphatic rings. The number of esters is 1. The molecule has 1 aliphatic heterocycles. The molecule has 5 unspecified atom stereocenters. The van der Waals surface area contributed by atoms with E-state index in [1.54, 1.807) is 20.2 Å². The van der Waals surface area contributed by atoms with Crippen molar-refractivity contribution in [1.29, 1.82) is 0 Å². The number of nitrogens with two attached hydrogens (primary N) is 2. The Kier molecular flexibility index (Phi) is 12.3. The monoisotopic (exact) mass is 677 g/mol. The van der Waals surface area contributed by atoms with Gasteiger partial charge in [0.25, 0.3) is 0 Å². The lowest BCUT2D eigenvalue weighted by atomic mass is 9.97. The summed E-state index contributed by atoms with van der Waals surface area (Å²) in [6, 6.07) is 8.69. The number of imidazole rings is 1. The van der Waals surface area contributed by atoms with Crippen LogP contribution < -0.4 is 16.6 Å². The number of rotatable bonds is 16. The Morgan fingerprint density at radius 2 is 1.93 bits per heavy atom. The van der Waals surface area contributed by atoms with Crippen LogP contribution in [0.1, 0.15) is 52.8 Å². The molecule has 1 fully saturated rings. The third-order valence-corrected chi connectivity index (χ3v) is 10.3. The Labute approximate surface area is 273 Å². The Hall–Kier alpha value is -2.91. The van der Waals surface area contributed by atoms with Crippen LogP contribution in [0.4, 0.5) is 5.82 Å². The van der Waals surface area contributed by atoms with Gasteiger partial charge in [0.05, 0.1) is 31.1 Å². The van der Waals surface area contributed by atoms with E-state index in [-0.39, 0.29) is 67.2 Å². The Bertz CT molecular complexity index is 1520. The predicted octanol–water partition coefficient (Wildman–Crippen LogP) is 4.08. The minimum atomic E-state index is -3.82. The highest BCUT2D eigenvalue weighted by Crippen LogP contribution is 2.46. The van der Waals surface area contributed by atoms with E-state index < -0.39 is 25.2 Å². The fraction of sp³-hybridized carbons (Fsp3) is 0.567. The van der Waals surface area contributed by atoms with Crippen molar-refractivity contribution >= 4 is 47.6 Å². The third-order valence-electron chi connectivity index (χ3n) is 7.56. The highest BCUT2D eigenvalue weighted by atomic mass is 32.2. The number of carbonyl (C=O) groups is 2. The van der Waals surface area contributed by atoms with Crippen LogP contribution in [-0.2, 0) is 39.2 Å². The molecule has 5 N–H and O–H groups in total. The van der Waals surface area contributed by atoms with Gasteiger partial charge in [0.1, 0.15) is 30.7 Å². The smallest absolute Gasteiger partial charge is 0.405 e. The molecular weight excluding hydrogens is 633 g/mol. The second-order valence-corrected chi connectivity index (χ2v) is 15.2. The summed E-state index contributed by atoms with van der Waals surface area (Å²) in [5, 5.41) is 2.73. The number of hydrogen-bond acceptors (Lipinski definition) is 13. The molecule has 1 saturated heterocycles. The number of aromatic nitrogens is 4.